The Hall–Kier alpha value is -0.650. The van der Waals surface area contributed by atoms with Gasteiger partial charge < -0.3 is 5.32 Å². The van der Waals surface area contributed by atoms with Crippen LogP contribution in [0.5, 0.6) is 0 Å². The minimum absolute atomic E-state index is 0.0762. The molecule has 1 rings (SSSR count). The zero-order chi connectivity index (χ0) is 13.6. The maximum atomic E-state index is 11.1. The zero-order valence-electron chi connectivity index (χ0n) is 10.7. The number of halogens is 1. The molecule has 1 atom stereocenters. The van der Waals surface area contributed by atoms with E-state index in [-0.39, 0.29) is 11.8 Å². The number of nitrogens with zero attached hydrogens (tertiary/aromatic N) is 1. The molecule has 0 spiro atoms. The van der Waals surface area contributed by atoms with Gasteiger partial charge in [-0.15, -0.1) is 0 Å². The Morgan fingerprint density at radius 2 is 2.22 bits per heavy atom. The van der Waals surface area contributed by atoms with E-state index >= 15 is 0 Å². The summed E-state index contributed by atoms with van der Waals surface area (Å²) in [6.07, 6.45) is 5.92. The van der Waals surface area contributed by atoms with Gasteiger partial charge in [0.25, 0.3) is 0 Å². The average molecular weight is 291 g/mol. The van der Waals surface area contributed by atoms with Crippen molar-refractivity contribution in [3.63, 3.8) is 0 Å². The molecule has 1 aromatic rings. The fourth-order valence-electron chi connectivity index (χ4n) is 1.83. The summed E-state index contributed by atoms with van der Waals surface area (Å²) in [5, 5.41) is 3.93. The van der Waals surface area contributed by atoms with Gasteiger partial charge in [-0.2, -0.15) is 0 Å². The Kier molecular flexibility index (Phi) is 6.05. The SMILES string of the molecule is CCNC(CCCS(C)(=O)=O)c1ccncc1Cl. The predicted molar refractivity (Wildman–Crippen MR) is 74.6 cm³/mol. The first-order chi connectivity index (χ1) is 8.44. The molecule has 4 nitrogen and oxygen atoms in total. The second-order valence-corrected chi connectivity index (χ2v) is 6.95. The van der Waals surface area contributed by atoms with Gasteiger partial charge in [0.2, 0.25) is 0 Å². The molecule has 0 saturated heterocycles. The van der Waals surface area contributed by atoms with E-state index in [0.29, 0.717) is 11.4 Å². The molecular weight excluding hydrogens is 272 g/mol. The van der Waals surface area contributed by atoms with Crippen molar-refractivity contribution < 1.29 is 8.42 Å². The molecule has 0 bridgehead atoms. The molecule has 0 amide bonds. The van der Waals surface area contributed by atoms with E-state index in [1.54, 1.807) is 12.4 Å². The minimum Gasteiger partial charge on any atom is -0.310 e. The summed E-state index contributed by atoms with van der Waals surface area (Å²) in [6.45, 7) is 2.82. The second kappa shape index (κ2) is 7.07. The number of hydrogen-bond donors (Lipinski definition) is 1. The van der Waals surface area contributed by atoms with Crippen molar-refractivity contribution in [3.8, 4) is 0 Å². The summed E-state index contributed by atoms with van der Waals surface area (Å²) >= 11 is 6.10. The molecular formula is C12H19ClN2O2S. The lowest BCUT2D eigenvalue weighted by Gasteiger charge is -2.19. The first kappa shape index (κ1) is 15.4. The van der Waals surface area contributed by atoms with Crippen molar-refractivity contribution in [2.24, 2.45) is 0 Å². The Balaban J connectivity index is 2.69. The third kappa shape index (κ3) is 5.33. The van der Waals surface area contributed by atoms with Gasteiger partial charge in [-0.25, -0.2) is 8.42 Å². The molecule has 1 N–H and O–H groups in total. The number of sulfone groups is 1. The highest BCUT2D eigenvalue weighted by atomic mass is 35.5. The van der Waals surface area contributed by atoms with Gasteiger partial charge >= 0.3 is 0 Å². The van der Waals surface area contributed by atoms with Crippen molar-refractivity contribution in [1.29, 1.82) is 0 Å². The molecule has 0 aromatic carbocycles. The second-order valence-electron chi connectivity index (χ2n) is 4.28. The molecule has 1 unspecified atom stereocenters. The highest BCUT2D eigenvalue weighted by Crippen LogP contribution is 2.25. The van der Waals surface area contributed by atoms with Crippen LogP contribution in [0.4, 0.5) is 0 Å². The predicted octanol–water partition coefficient (Wildman–Crippen LogP) is 2.21. The van der Waals surface area contributed by atoms with E-state index in [0.717, 1.165) is 18.5 Å². The normalized spacial score (nSPS) is 13.5. The third-order valence-corrected chi connectivity index (χ3v) is 3.98. The van der Waals surface area contributed by atoms with Gasteiger partial charge in [-0.3, -0.25) is 4.98 Å². The van der Waals surface area contributed by atoms with Crippen molar-refractivity contribution in [2.75, 3.05) is 18.6 Å². The first-order valence-corrected chi connectivity index (χ1v) is 8.38. The molecule has 6 heteroatoms. The molecule has 1 heterocycles. The molecule has 0 fully saturated rings. The third-order valence-electron chi connectivity index (χ3n) is 2.64. The number of nitrogens with one attached hydrogen (secondary N) is 1. The highest BCUT2D eigenvalue weighted by molar-refractivity contribution is 7.90. The van der Waals surface area contributed by atoms with Gasteiger partial charge in [0.15, 0.2) is 0 Å². The zero-order valence-corrected chi connectivity index (χ0v) is 12.3. The number of rotatable bonds is 7. The maximum Gasteiger partial charge on any atom is 0.147 e. The van der Waals surface area contributed by atoms with E-state index in [4.69, 9.17) is 11.6 Å². The first-order valence-electron chi connectivity index (χ1n) is 5.94. The molecule has 1 aromatic heterocycles. The Morgan fingerprint density at radius 3 is 2.78 bits per heavy atom. The van der Waals surface area contributed by atoms with E-state index in [2.05, 4.69) is 10.3 Å². The lowest BCUT2D eigenvalue weighted by Crippen LogP contribution is -2.22. The summed E-state index contributed by atoms with van der Waals surface area (Å²) in [6, 6.07) is 1.95. The summed E-state index contributed by atoms with van der Waals surface area (Å²) in [5.41, 5.74) is 0.974. The van der Waals surface area contributed by atoms with Crippen LogP contribution >= 0.6 is 11.6 Å². The topological polar surface area (TPSA) is 59.1 Å². The van der Waals surface area contributed by atoms with E-state index in [1.807, 2.05) is 13.0 Å². The van der Waals surface area contributed by atoms with Crippen LogP contribution in [-0.2, 0) is 9.84 Å². The fourth-order valence-corrected chi connectivity index (χ4v) is 2.77. The lowest BCUT2D eigenvalue weighted by molar-refractivity contribution is 0.507. The molecule has 0 aliphatic rings. The molecule has 0 aliphatic heterocycles. The maximum absolute atomic E-state index is 11.1. The van der Waals surface area contributed by atoms with Crippen LogP contribution in [0.15, 0.2) is 18.5 Å². The van der Waals surface area contributed by atoms with Crippen LogP contribution < -0.4 is 5.32 Å². The van der Waals surface area contributed by atoms with Gasteiger partial charge in [-0.05, 0) is 31.0 Å². The largest absolute Gasteiger partial charge is 0.310 e. The quantitative estimate of drug-likeness (QED) is 0.836. The van der Waals surface area contributed by atoms with Gasteiger partial charge in [0.1, 0.15) is 9.84 Å². The molecule has 0 aliphatic carbocycles. The molecule has 0 radical (unpaired) electrons. The Bertz CT molecular complexity index is 477. The molecule has 18 heavy (non-hydrogen) atoms. The lowest BCUT2D eigenvalue weighted by atomic mass is 10.0. The van der Waals surface area contributed by atoms with E-state index in [9.17, 15) is 8.42 Å². The van der Waals surface area contributed by atoms with Crippen LogP contribution in [0.2, 0.25) is 5.02 Å². The standard InChI is InChI=1S/C12H19ClN2O2S/c1-3-15-12(5-4-8-18(2,16)17)10-6-7-14-9-11(10)13/h6-7,9,12,15H,3-5,8H2,1-2H3. The van der Waals surface area contributed by atoms with Gasteiger partial charge in [0, 0.05) is 30.4 Å². The highest BCUT2D eigenvalue weighted by Gasteiger charge is 2.14. The van der Waals surface area contributed by atoms with Crippen LogP contribution in [0.1, 0.15) is 31.4 Å². The van der Waals surface area contributed by atoms with Crippen molar-refractivity contribution in [3.05, 3.63) is 29.0 Å². The number of aromatic nitrogens is 1. The van der Waals surface area contributed by atoms with Gasteiger partial charge in [-0.1, -0.05) is 18.5 Å². The molecule has 102 valence electrons. The fraction of sp³-hybridized carbons (Fsp3) is 0.583. The Labute approximate surface area is 114 Å². The summed E-state index contributed by atoms with van der Waals surface area (Å²) < 4.78 is 22.2. The number of pyridine rings is 1. The van der Waals surface area contributed by atoms with Crippen LogP contribution in [0.25, 0.3) is 0 Å². The van der Waals surface area contributed by atoms with E-state index in [1.165, 1.54) is 6.26 Å². The average Bonchev–Trinajstić information content (AvgIpc) is 2.27. The van der Waals surface area contributed by atoms with Crippen LogP contribution in [0.3, 0.4) is 0 Å². The monoisotopic (exact) mass is 290 g/mol. The van der Waals surface area contributed by atoms with Crippen molar-refractivity contribution in [1.82, 2.24) is 10.3 Å². The minimum atomic E-state index is -2.90. The smallest absolute Gasteiger partial charge is 0.147 e. The van der Waals surface area contributed by atoms with Gasteiger partial charge in [0.05, 0.1) is 5.02 Å². The van der Waals surface area contributed by atoms with E-state index < -0.39 is 9.84 Å². The summed E-state index contributed by atoms with van der Waals surface area (Å²) in [5.74, 6) is 0.206. The van der Waals surface area contributed by atoms with Crippen LogP contribution in [-0.4, -0.2) is 32.0 Å². The summed E-state index contributed by atoms with van der Waals surface area (Å²) in [7, 11) is -2.90. The summed E-state index contributed by atoms with van der Waals surface area (Å²) in [4.78, 5) is 3.95. The number of hydrogen-bond acceptors (Lipinski definition) is 4. The Morgan fingerprint density at radius 1 is 1.50 bits per heavy atom. The molecule has 0 saturated carbocycles. The van der Waals surface area contributed by atoms with Crippen LogP contribution in [0, 0.1) is 0 Å². The van der Waals surface area contributed by atoms with Crippen molar-refractivity contribution in [2.45, 2.75) is 25.8 Å². The van der Waals surface area contributed by atoms with Crippen molar-refractivity contribution >= 4 is 21.4 Å².